The minimum Gasteiger partial charge on any atom is -0.360 e. The van der Waals surface area contributed by atoms with Gasteiger partial charge in [-0.2, -0.15) is 0 Å². The van der Waals surface area contributed by atoms with E-state index in [0.717, 1.165) is 37.6 Å². The molecule has 1 amide bonds. The molecule has 1 saturated heterocycles. The van der Waals surface area contributed by atoms with Gasteiger partial charge in [-0.15, -0.1) is 0 Å². The van der Waals surface area contributed by atoms with Crippen molar-refractivity contribution in [3.05, 3.63) is 64.7 Å². The van der Waals surface area contributed by atoms with E-state index < -0.39 is 0 Å². The number of nitro benzene ring substituents is 1. The first kappa shape index (κ1) is 18.8. The molecule has 0 spiro atoms. The molecule has 0 aromatic heterocycles. The van der Waals surface area contributed by atoms with Crippen LogP contribution in [0.15, 0.2) is 54.6 Å². The highest BCUT2D eigenvalue weighted by atomic mass is 16.6. The van der Waals surface area contributed by atoms with E-state index in [2.05, 4.69) is 4.90 Å². The van der Waals surface area contributed by atoms with Gasteiger partial charge < -0.3 is 14.7 Å². The van der Waals surface area contributed by atoms with E-state index in [1.165, 1.54) is 17.0 Å². The first-order valence-electron chi connectivity index (χ1n) is 9.14. The van der Waals surface area contributed by atoms with Crippen LogP contribution in [-0.4, -0.2) is 50.1 Å². The molecular formula is C20H25N4O3+. The number of carbonyl (C=O) groups excluding carboxylic acids is 1. The summed E-state index contributed by atoms with van der Waals surface area (Å²) >= 11 is 0. The maximum Gasteiger partial charge on any atom is 0.284 e. The summed E-state index contributed by atoms with van der Waals surface area (Å²) in [4.78, 5) is 28.4. The number of non-ortho nitro benzene ring substituents is 1. The van der Waals surface area contributed by atoms with Crippen LogP contribution >= 0.6 is 0 Å². The number of hydrogen-bond acceptors (Lipinski definition) is 4. The molecule has 0 aliphatic carbocycles. The molecule has 0 radical (unpaired) electrons. The van der Waals surface area contributed by atoms with Gasteiger partial charge >= 0.3 is 0 Å². The fraction of sp³-hybridized carbons (Fsp3) is 0.350. The van der Waals surface area contributed by atoms with Crippen LogP contribution < -0.4 is 14.7 Å². The van der Waals surface area contributed by atoms with Crippen molar-refractivity contribution < 1.29 is 14.6 Å². The van der Waals surface area contributed by atoms with E-state index in [0.29, 0.717) is 0 Å². The number of likely N-dealkylation sites (N-methyl/N-ethyl adjacent to an activating group) is 1. The second-order valence-corrected chi connectivity index (χ2v) is 6.87. The Morgan fingerprint density at radius 2 is 1.70 bits per heavy atom. The van der Waals surface area contributed by atoms with Gasteiger partial charge in [0.25, 0.3) is 11.6 Å². The van der Waals surface area contributed by atoms with Crippen molar-refractivity contribution in [2.24, 2.45) is 0 Å². The van der Waals surface area contributed by atoms with Crippen LogP contribution in [0.4, 0.5) is 17.1 Å². The van der Waals surface area contributed by atoms with Gasteiger partial charge in [0, 0.05) is 30.6 Å². The molecule has 2 aromatic rings. The summed E-state index contributed by atoms with van der Waals surface area (Å²) in [6.45, 7) is 5.33. The molecule has 2 aromatic carbocycles. The topological polar surface area (TPSA) is 71.1 Å². The zero-order valence-electron chi connectivity index (χ0n) is 15.7. The van der Waals surface area contributed by atoms with Crippen LogP contribution in [0.5, 0.6) is 0 Å². The molecule has 1 aliphatic heterocycles. The Hall–Kier alpha value is -2.93. The van der Waals surface area contributed by atoms with Gasteiger partial charge in [-0.05, 0) is 31.2 Å². The summed E-state index contributed by atoms with van der Waals surface area (Å²) in [6.07, 6.45) is 0. The molecule has 1 atom stereocenters. The Labute approximate surface area is 158 Å². The van der Waals surface area contributed by atoms with Crippen molar-refractivity contribution in [2.75, 3.05) is 43.0 Å². The Kier molecular flexibility index (Phi) is 5.71. The monoisotopic (exact) mass is 369 g/mol. The number of amides is 1. The predicted molar refractivity (Wildman–Crippen MR) is 105 cm³/mol. The fourth-order valence-corrected chi connectivity index (χ4v) is 3.51. The number of rotatable bonds is 5. The van der Waals surface area contributed by atoms with E-state index in [1.807, 2.05) is 44.3 Å². The normalized spacial score (nSPS) is 16.0. The maximum atomic E-state index is 12.8. The SMILES string of the molecule is C[C@H](C(=O)N(C)c1ccccc1)[NH+]1CCN(c2ccc([N+](=O)[O-])cc2)CC1. The number of anilines is 2. The first-order valence-corrected chi connectivity index (χ1v) is 9.14. The van der Waals surface area contributed by atoms with E-state index in [1.54, 1.807) is 17.0 Å². The van der Waals surface area contributed by atoms with Gasteiger partial charge in [-0.3, -0.25) is 14.9 Å². The molecule has 7 nitrogen and oxygen atoms in total. The molecule has 1 aliphatic rings. The molecule has 27 heavy (non-hydrogen) atoms. The Bertz CT molecular complexity index is 787. The number of nitro groups is 1. The second kappa shape index (κ2) is 8.18. The molecule has 0 saturated carbocycles. The van der Waals surface area contributed by atoms with Crippen molar-refractivity contribution in [3.63, 3.8) is 0 Å². The minimum absolute atomic E-state index is 0.103. The quantitative estimate of drug-likeness (QED) is 0.638. The lowest BCUT2D eigenvalue weighted by Gasteiger charge is -2.36. The number of hydrogen-bond donors (Lipinski definition) is 1. The van der Waals surface area contributed by atoms with Crippen LogP contribution in [-0.2, 0) is 4.79 Å². The van der Waals surface area contributed by atoms with Crippen LogP contribution in [0.3, 0.4) is 0 Å². The minimum atomic E-state index is -0.387. The number of quaternary nitrogens is 1. The number of piperazine rings is 1. The third-order valence-corrected chi connectivity index (χ3v) is 5.29. The Morgan fingerprint density at radius 1 is 1.11 bits per heavy atom. The zero-order chi connectivity index (χ0) is 19.4. The number of nitrogens with one attached hydrogen (secondary N) is 1. The van der Waals surface area contributed by atoms with Gasteiger partial charge in [0.2, 0.25) is 0 Å². The third-order valence-electron chi connectivity index (χ3n) is 5.29. The summed E-state index contributed by atoms with van der Waals surface area (Å²) in [5.74, 6) is 0.111. The maximum absolute atomic E-state index is 12.8. The molecule has 1 heterocycles. The molecule has 0 unspecified atom stereocenters. The third kappa shape index (κ3) is 4.25. The number of para-hydroxylation sites is 1. The van der Waals surface area contributed by atoms with E-state index in [-0.39, 0.29) is 22.6 Å². The molecule has 1 fully saturated rings. The first-order chi connectivity index (χ1) is 13.0. The van der Waals surface area contributed by atoms with Gasteiger partial charge in [-0.25, -0.2) is 0 Å². The summed E-state index contributed by atoms with van der Waals surface area (Å²) in [5.41, 5.74) is 1.99. The highest BCUT2D eigenvalue weighted by molar-refractivity contribution is 5.95. The fourth-order valence-electron chi connectivity index (χ4n) is 3.51. The molecule has 142 valence electrons. The van der Waals surface area contributed by atoms with E-state index in [4.69, 9.17) is 0 Å². The number of nitrogens with zero attached hydrogens (tertiary/aromatic N) is 3. The molecular weight excluding hydrogens is 344 g/mol. The highest BCUT2D eigenvalue weighted by Gasteiger charge is 2.31. The summed E-state index contributed by atoms with van der Waals surface area (Å²) in [6, 6.07) is 16.2. The summed E-state index contributed by atoms with van der Waals surface area (Å²) in [7, 11) is 1.82. The lowest BCUT2D eigenvalue weighted by atomic mass is 10.1. The van der Waals surface area contributed by atoms with Crippen LogP contribution in [0.1, 0.15) is 6.92 Å². The van der Waals surface area contributed by atoms with Crippen LogP contribution in [0, 0.1) is 10.1 Å². The van der Waals surface area contributed by atoms with Crippen molar-refractivity contribution in [1.82, 2.24) is 0 Å². The van der Waals surface area contributed by atoms with Gasteiger partial charge in [0.1, 0.15) is 0 Å². The predicted octanol–water partition coefficient (Wildman–Crippen LogP) is 1.35. The standard InChI is InChI=1S/C20H24N4O3/c1-16(20(25)21(2)17-6-4-3-5-7-17)22-12-14-23(15-13-22)18-8-10-19(11-9-18)24(26)27/h3-11,16H,12-15H2,1-2H3/p+1/t16-/m1/s1. The average Bonchev–Trinajstić information content (AvgIpc) is 2.73. The van der Waals surface area contributed by atoms with Crippen molar-refractivity contribution >= 4 is 23.0 Å². The lowest BCUT2D eigenvalue weighted by Crippen LogP contribution is -3.19. The van der Waals surface area contributed by atoms with Crippen molar-refractivity contribution in [1.29, 1.82) is 0 Å². The van der Waals surface area contributed by atoms with Gasteiger partial charge in [0.15, 0.2) is 6.04 Å². The summed E-state index contributed by atoms with van der Waals surface area (Å²) < 4.78 is 0. The largest absolute Gasteiger partial charge is 0.360 e. The van der Waals surface area contributed by atoms with E-state index in [9.17, 15) is 14.9 Å². The Balaban J connectivity index is 1.58. The zero-order valence-corrected chi connectivity index (χ0v) is 15.7. The number of benzene rings is 2. The van der Waals surface area contributed by atoms with Crippen molar-refractivity contribution in [2.45, 2.75) is 13.0 Å². The molecule has 1 N–H and O–H groups in total. The summed E-state index contributed by atoms with van der Waals surface area (Å²) in [5, 5.41) is 10.8. The Morgan fingerprint density at radius 3 is 2.26 bits per heavy atom. The molecule has 0 bridgehead atoms. The second-order valence-electron chi connectivity index (χ2n) is 6.87. The smallest absolute Gasteiger partial charge is 0.284 e. The number of carbonyl (C=O) groups is 1. The highest BCUT2D eigenvalue weighted by Crippen LogP contribution is 2.19. The van der Waals surface area contributed by atoms with Gasteiger partial charge in [0.05, 0.1) is 31.1 Å². The van der Waals surface area contributed by atoms with Crippen LogP contribution in [0.2, 0.25) is 0 Å². The van der Waals surface area contributed by atoms with E-state index >= 15 is 0 Å². The molecule has 7 heteroatoms. The molecule has 3 rings (SSSR count). The van der Waals surface area contributed by atoms with Crippen molar-refractivity contribution in [3.8, 4) is 0 Å². The lowest BCUT2D eigenvalue weighted by molar-refractivity contribution is -0.914. The van der Waals surface area contributed by atoms with Crippen LogP contribution in [0.25, 0.3) is 0 Å². The van der Waals surface area contributed by atoms with Gasteiger partial charge in [-0.1, -0.05) is 18.2 Å². The average molecular weight is 369 g/mol.